The fourth-order valence-electron chi connectivity index (χ4n) is 1.15. The van der Waals surface area contributed by atoms with Crippen molar-refractivity contribution in [2.75, 3.05) is 0 Å². The fraction of sp³-hybridized carbons (Fsp3) is 0. The number of benzene rings is 1. The molecule has 2 heteroatoms. The molecule has 0 saturated carbocycles. The number of rotatable bonds is 1. The first-order valence-corrected chi connectivity index (χ1v) is 4.55. The van der Waals surface area contributed by atoms with Crippen LogP contribution in [0.4, 0.5) is 0 Å². The van der Waals surface area contributed by atoms with Crippen LogP contribution < -0.4 is 0 Å². The van der Waals surface area contributed by atoms with E-state index in [1.54, 1.807) is 0 Å². The highest BCUT2D eigenvalue weighted by Crippen LogP contribution is 2.19. The number of aromatic nitrogens is 1. The van der Waals surface area contributed by atoms with E-state index in [1.165, 1.54) is 5.56 Å². The Kier molecular flexibility index (Phi) is 2.00. The molecule has 0 atom stereocenters. The molecule has 0 saturated heterocycles. The van der Waals surface area contributed by atoms with E-state index in [4.69, 9.17) is 0 Å². The summed E-state index contributed by atoms with van der Waals surface area (Å²) >= 11 is 3.37. The maximum absolute atomic E-state index is 3.37. The van der Waals surface area contributed by atoms with Gasteiger partial charge in [0.25, 0.3) is 0 Å². The van der Waals surface area contributed by atoms with Gasteiger partial charge in [0.15, 0.2) is 0 Å². The van der Waals surface area contributed by atoms with Gasteiger partial charge < -0.3 is 4.98 Å². The average molecular weight is 222 g/mol. The monoisotopic (exact) mass is 221 g/mol. The molecule has 1 nitrogen and oxygen atoms in total. The van der Waals surface area contributed by atoms with Crippen LogP contribution >= 0.6 is 15.9 Å². The Hall–Kier alpha value is -1.02. The standard InChI is InChI=1S/C10H8BrN/c11-10-7-6-9(12-10)8-4-2-1-3-5-8/h1-7,12H. The Morgan fingerprint density at radius 1 is 0.917 bits per heavy atom. The van der Waals surface area contributed by atoms with Crippen LogP contribution in [0, 0.1) is 0 Å². The zero-order valence-corrected chi connectivity index (χ0v) is 8.01. The lowest BCUT2D eigenvalue weighted by atomic mass is 10.2. The summed E-state index contributed by atoms with van der Waals surface area (Å²) in [5.74, 6) is 0. The molecule has 0 fully saturated rings. The third-order valence-electron chi connectivity index (χ3n) is 1.74. The Bertz CT molecular complexity index is 364. The summed E-state index contributed by atoms with van der Waals surface area (Å²) in [4.78, 5) is 3.21. The van der Waals surface area contributed by atoms with E-state index in [1.807, 2.05) is 24.3 Å². The normalized spacial score (nSPS) is 10.1. The van der Waals surface area contributed by atoms with Gasteiger partial charge in [-0.05, 0) is 33.6 Å². The van der Waals surface area contributed by atoms with Crippen molar-refractivity contribution in [3.63, 3.8) is 0 Å². The van der Waals surface area contributed by atoms with Crippen molar-refractivity contribution in [3.05, 3.63) is 47.1 Å². The molecule has 0 aliphatic heterocycles. The molecular weight excluding hydrogens is 214 g/mol. The van der Waals surface area contributed by atoms with Crippen LogP contribution in [0.5, 0.6) is 0 Å². The van der Waals surface area contributed by atoms with Crippen molar-refractivity contribution in [3.8, 4) is 11.3 Å². The molecule has 0 radical (unpaired) electrons. The average Bonchev–Trinajstić information content (AvgIpc) is 2.54. The van der Waals surface area contributed by atoms with E-state index in [-0.39, 0.29) is 0 Å². The summed E-state index contributed by atoms with van der Waals surface area (Å²) in [6.07, 6.45) is 0. The minimum absolute atomic E-state index is 1.02. The first kappa shape index (κ1) is 7.62. The lowest BCUT2D eigenvalue weighted by Crippen LogP contribution is -1.74. The summed E-state index contributed by atoms with van der Waals surface area (Å²) in [5, 5.41) is 0. The van der Waals surface area contributed by atoms with Crippen molar-refractivity contribution in [1.29, 1.82) is 0 Å². The van der Waals surface area contributed by atoms with E-state index in [0.29, 0.717) is 0 Å². The SMILES string of the molecule is Brc1ccc(-c2ccccc2)[nH]1. The van der Waals surface area contributed by atoms with E-state index in [0.717, 1.165) is 10.3 Å². The van der Waals surface area contributed by atoms with Crippen LogP contribution in [0.25, 0.3) is 11.3 Å². The van der Waals surface area contributed by atoms with Crippen LogP contribution in [0.3, 0.4) is 0 Å². The molecule has 1 aromatic heterocycles. The third kappa shape index (κ3) is 1.43. The van der Waals surface area contributed by atoms with Crippen LogP contribution in [0.15, 0.2) is 47.1 Å². The summed E-state index contributed by atoms with van der Waals surface area (Å²) < 4.78 is 1.02. The lowest BCUT2D eigenvalue weighted by Gasteiger charge is -1.94. The first-order chi connectivity index (χ1) is 5.86. The van der Waals surface area contributed by atoms with Gasteiger partial charge in [-0.2, -0.15) is 0 Å². The Labute approximate surface area is 79.6 Å². The highest BCUT2D eigenvalue weighted by molar-refractivity contribution is 9.10. The van der Waals surface area contributed by atoms with Crippen LogP contribution in [-0.2, 0) is 0 Å². The van der Waals surface area contributed by atoms with Crippen molar-refractivity contribution >= 4 is 15.9 Å². The molecule has 0 unspecified atom stereocenters. The molecule has 0 amide bonds. The van der Waals surface area contributed by atoms with Crippen molar-refractivity contribution < 1.29 is 0 Å². The highest BCUT2D eigenvalue weighted by Gasteiger charge is 1.97. The number of halogens is 1. The van der Waals surface area contributed by atoms with Crippen LogP contribution in [-0.4, -0.2) is 4.98 Å². The van der Waals surface area contributed by atoms with E-state index >= 15 is 0 Å². The Balaban J connectivity index is 2.45. The largest absolute Gasteiger partial charge is 0.349 e. The molecule has 1 N–H and O–H groups in total. The molecule has 0 aliphatic rings. The van der Waals surface area contributed by atoms with Gasteiger partial charge in [0.1, 0.15) is 0 Å². The smallest absolute Gasteiger partial charge is 0.0824 e. The predicted molar refractivity (Wildman–Crippen MR) is 53.9 cm³/mol. The van der Waals surface area contributed by atoms with E-state index < -0.39 is 0 Å². The second-order valence-corrected chi connectivity index (χ2v) is 3.44. The van der Waals surface area contributed by atoms with E-state index in [9.17, 15) is 0 Å². The van der Waals surface area contributed by atoms with Gasteiger partial charge in [0.05, 0.1) is 4.60 Å². The maximum Gasteiger partial charge on any atom is 0.0824 e. The summed E-state index contributed by atoms with van der Waals surface area (Å²) in [6, 6.07) is 14.3. The van der Waals surface area contributed by atoms with Gasteiger partial charge >= 0.3 is 0 Å². The van der Waals surface area contributed by atoms with Gasteiger partial charge in [-0.1, -0.05) is 30.3 Å². The predicted octanol–water partition coefficient (Wildman–Crippen LogP) is 3.44. The van der Waals surface area contributed by atoms with Crippen molar-refractivity contribution in [2.45, 2.75) is 0 Å². The van der Waals surface area contributed by atoms with Gasteiger partial charge in [-0.15, -0.1) is 0 Å². The first-order valence-electron chi connectivity index (χ1n) is 3.76. The fourth-order valence-corrected chi connectivity index (χ4v) is 1.50. The lowest BCUT2D eigenvalue weighted by molar-refractivity contribution is 1.35. The molecule has 2 rings (SSSR count). The number of hydrogen-bond acceptors (Lipinski definition) is 0. The minimum atomic E-state index is 1.02. The molecule has 60 valence electrons. The second kappa shape index (κ2) is 3.15. The summed E-state index contributed by atoms with van der Waals surface area (Å²) in [5.41, 5.74) is 2.35. The van der Waals surface area contributed by atoms with Crippen molar-refractivity contribution in [1.82, 2.24) is 4.98 Å². The van der Waals surface area contributed by atoms with Crippen molar-refractivity contribution in [2.24, 2.45) is 0 Å². The topological polar surface area (TPSA) is 15.8 Å². The zero-order chi connectivity index (χ0) is 8.39. The van der Waals surface area contributed by atoms with Gasteiger partial charge in [0.2, 0.25) is 0 Å². The number of aromatic amines is 1. The molecule has 0 bridgehead atoms. The maximum atomic E-state index is 3.37. The van der Waals surface area contributed by atoms with Crippen LogP contribution in [0.2, 0.25) is 0 Å². The molecule has 12 heavy (non-hydrogen) atoms. The quantitative estimate of drug-likeness (QED) is 0.760. The molecule has 2 aromatic rings. The molecule has 0 spiro atoms. The van der Waals surface area contributed by atoms with Gasteiger partial charge in [-0.3, -0.25) is 0 Å². The van der Waals surface area contributed by atoms with E-state index in [2.05, 4.69) is 39.1 Å². The Morgan fingerprint density at radius 3 is 2.25 bits per heavy atom. The minimum Gasteiger partial charge on any atom is -0.349 e. The Morgan fingerprint density at radius 2 is 1.67 bits per heavy atom. The number of nitrogens with one attached hydrogen (secondary N) is 1. The number of H-pyrrole nitrogens is 1. The highest BCUT2D eigenvalue weighted by atomic mass is 79.9. The molecule has 1 aromatic carbocycles. The van der Waals surface area contributed by atoms with Crippen LogP contribution in [0.1, 0.15) is 0 Å². The molecule has 0 aliphatic carbocycles. The molecule has 1 heterocycles. The zero-order valence-electron chi connectivity index (χ0n) is 6.42. The van der Waals surface area contributed by atoms with Gasteiger partial charge in [-0.25, -0.2) is 0 Å². The molecular formula is C10H8BrN. The summed E-state index contributed by atoms with van der Waals surface area (Å²) in [6.45, 7) is 0. The third-order valence-corrected chi connectivity index (χ3v) is 2.20. The second-order valence-electron chi connectivity index (χ2n) is 2.59. The number of hydrogen-bond donors (Lipinski definition) is 1. The summed E-state index contributed by atoms with van der Waals surface area (Å²) in [7, 11) is 0. The van der Waals surface area contributed by atoms with Gasteiger partial charge in [0, 0.05) is 5.69 Å².